The van der Waals surface area contributed by atoms with Gasteiger partial charge in [0.05, 0.1) is 30.5 Å². The molecule has 1 aliphatic rings. The summed E-state index contributed by atoms with van der Waals surface area (Å²) >= 11 is 0. The van der Waals surface area contributed by atoms with Crippen molar-refractivity contribution >= 4 is 15.7 Å². The van der Waals surface area contributed by atoms with Crippen LogP contribution < -0.4 is 19.8 Å². The summed E-state index contributed by atoms with van der Waals surface area (Å²) in [5, 5.41) is 4.64. The van der Waals surface area contributed by atoms with Crippen LogP contribution >= 0.6 is 0 Å². The zero-order valence-corrected chi connectivity index (χ0v) is 21.4. The highest BCUT2D eigenvalue weighted by atomic mass is 32.2. The maximum atomic E-state index is 13.5. The van der Waals surface area contributed by atoms with E-state index in [1.54, 1.807) is 24.3 Å². The van der Waals surface area contributed by atoms with Crippen LogP contribution in [0.4, 0.5) is 5.69 Å². The first-order valence-corrected chi connectivity index (χ1v) is 13.3. The maximum absolute atomic E-state index is 13.5. The highest BCUT2D eigenvalue weighted by Crippen LogP contribution is 2.33. The molecule has 0 saturated carbocycles. The maximum Gasteiger partial charge on any atom is 0.270 e. The minimum absolute atomic E-state index is 0.0425. The third-order valence-corrected chi connectivity index (χ3v) is 7.88. The van der Waals surface area contributed by atoms with E-state index in [0.29, 0.717) is 47.0 Å². The van der Waals surface area contributed by atoms with Gasteiger partial charge in [0.1, 0.15) is 0 Å². The molecule has 9 heteroatoms. The van der Waals surface area contributed by atoms with E-state index < -0.39 is 10.0 Å². The monoisotopic (exact) mass is 497 g/mol. The number of nitrogens with one attached hydrogen (secondary N) is 1. The number of methoxy groups -OCH3 is 2. The van der Waals surface area contributed by atoms with Crippen molar-refractivity contribution in [1.29, 1.82) is 0 Å². The summed E-state index contributed by atoms with van der Waals surface area (Å²) in [6.45, 7) is 4.26. The van der Waals surface area contributed by atoms with Crippen LogP contribution in [0.5, 0.6) is 11.5 Å². The molecular formula is C26H31N3O5S. The van der Waals surface area contributed by atoms with Crippen LogP contribution in [0.2, 0.25) is 0 Å². The molecular weight excluding hydrogens is 466 g/mol. The Labute approximate surface area is 206 Å². The van der Waals surface area contributed by atoms with Crippen LogP contribution in [0.3, 0.4) is 0 Å². The average Bonchev–Trinajstić information content (AvgIpc) is 2.88. The van der Waals surface area contributed by atoms with Gasteiger partial charge in [-0.2, -0.15) is 5.10 Å². The van der Waals surface area contributed by atoms with Crippen molar-refractivity contribution in [3.63, 3.8) is 0 Å². The molecule has 1 aromatic heterocycles. The Kier molecular flexibility index (Phi) is 7.16. The third-order valence-electron chi connectivity index (χ3n) is 6.41. The highest BCUT2D eigenvalue weighted by molar-refractivity contribution is 7.92. The molecule has 0 atom stereocenters. The molecule has 8 nitrogen and oxygen atoms in total. The van der Waals surface area contributed by atoms with E-state index in [0.717, 1.165) is 36.8 Å². The molecule has 0 unspecified atom stereocenters. The molecule has 1 N–H and O–H groups in total. The summed E-state index contributed by atoms with van der Waals surface area (Å²) in [5.74, 6) is 0.934. The zero-order valence-electron chi connectivity index (χ0n) is 20.6. The van der Waals surface area contributed by atoms with Gasteiger partial charge < -0.3 is 9.47 Å². The number of nitrogens with zero attached hydrogens (tertiary/aromatic N) is 2. The van der Waals surface area contributed by atoms with Crippen LogP contribution in [-0.2, 0) is 35.8 Å². The van der Waals surface area contributed by atoms with Crippen LogP contribution in [0.1, 0.15) is 43.4 Å². The topological polar surface area (TPSA) is 99.5 Å². The number of aromatic nitrogens is 2. The molecule has 0 radical (unpaired) electrons. The summed E-state index contributed by atoms with van der Waals surface area (Å²) in [6, 6.07) is 10.3. The number of hydrogen-bond donors (Lipinski definition) is 1. The van der Waals surface area contributed by atoms with Gasteiger partial charge in [0.15, 0.2) is 11.5 Å². The number of benzene rings is 2. The lowest BCUT2D eigenvalue weighted by Gasteiger charge is -2.21. The Hall–Kier alpha value is -3.33. The lowest BCUT2D eigenvalue weighted by molar-refractivity contribution is 0.355. The molecule has 0 aliphatic heterocycles. The number of ether oxygens (including phenoxy) is 2. The normalized spacial score (nSPS) is 13.3. The third kappa shape index (κ3) is 4.77. The van der Waals surface area contributed by atoms with Crippen LogP contribution in [0.15, 0.2) is 46.1 Å². The first-order chi connectivity index (χ1) is 16.8. The second-order valence-electron chi connectivity index (χ2n) is 8.49. The predicted molar refractivity (Wildman–Crippen MR) is 136 cm³/mol. The van der Waals surface area contributed by atoms with Gasteiger partial charge in [0, 0.05) is 23.7 Å². The summed E-state index contributed by atoms with van der Waals surface area (Å²) in [7, 11) is -0.898. The second kappa shape index (κ2) is 10.1. The SMILES string of the molecule is CCc1ccc(-c2nn(CC)c(=O)c3c2CCCC3)cc1S(=O)(=O)Nc1ccc(OC)c(OC)c1. The van der Waals surface area contributed by atoms with E-state index in [4.69, 9.17) is 9.47 Å². The molecule has 0 saturated heterocycles. The number of anilines is 1. The number of fused-ring (bicyclic) bond motifs is 1. The van der Waals surface area contributed by atoms with Gasteiger partial charge in [-0.3, -0.25) is 9.52 Å². The van der Waals surface area contributed by atoms with Crippen molar-refractivity contribution in [2.75, 3.05) is 18.9 Å². The molecule has 1 aliphatic carbocycles. The van der Waals surface area contributed by atoms with E-state index in [2.05, 4.69) is 9.82 Å². The summed E-state index contributed by atoms with van der Waals surface area (Å²) in [5.41, 5.74) is 4.13. The van der Waals surface area contributed by atoms with Crippen molar-refractivity contribution in [2.24, 2.45) is 0 Å². The lowest BCUT2D eigenvalue weighted by Crippen LogP contribution is -2.30. The van der Waals surface area contributed by atoms with Crippen molar-refractivity contribution in [1.82, 2.24) is 9.78 Å². The Bertz CT molecular complexity index is 1410. The molecule has 0 fully saturated rings. The minimum atomic E-state index is -3.92. The molecule has 2 aromatic carbocycles. The van der Waals surface area contributed by atoms with Crippen molar-refractivity contribution < 1.29 is 17.9 Å². The number of rotatable bonds is 8. The summed E-state index contributed by atoms with van der Waals surface area (Å²) < 4.78 is 41.8. The van der Waals surface area contributed by atoms with Crippen molar-refractivity contribution in [3.05, 3.63) is 63.4 Å². The predicted octanol–water partition coefficient (Wildman–Crippen LogP) is 4.19. The largest absolute Gasteiger partial charge is 0.493 e. The van der Waals surface area contributed by atoms with Gasteiger partial charge in [0.2, 0.25) is 0 Å². The zero-order chi connectivity index (χ0) is 25.2. The van der Waals surface area contributed by atoms with E-state index in [1.165, 1.54) is 18.9 Å². The molecule has 0 bridgehead atoms. The Morgan fingerprint density at radius 1 is 0.971 bits per heavy atom. The molecule has 186 valence electrons. The van der Waals surface area contributed by atoms with Crippen LogP contribution in [0, 0.1) is 0 Å². The lowest BCUT2D eigenvalue weighted by atomic mass is 9.89. The summed E-state index contributed by atoms with van der Waals surface area (Å²) in [6.07, 6.45) is 3.99. The van der Waals surface area contributed by atoms with Gasteiger partial charge in [0.25, 0.3) is 15.6 Å². The van der Waals surface area contributed by atoms with E-state index in [-0.39, 0.29) is 10.5 Å². The van der Waals surface area contributed by atoms with Crippen LogP contribution in [-0.4, -0.2) is 32.4 Å². The first-order valence-electron chi connectivity index (χ1n) is 11.8. The fraction of sp³-hybridized carbons (Fsp3) is 0.385. The number of sulfonamides is 1. The van der Waals surface area contributed by atoms with Gasteiger partial charge in [-0.15, -0.1) is 0 Å². The fourth-order valence-corrected chi connectivity index (χ4v) is 5.97. The van der Waals surface area contributed by atoms with Crippen LogP contribution in [0.25, 0.3) is 11.3 Å². The number of hydrogen-bond acceptors (Lipinski definition) is 6. The molecule has 0 spiro atoms. The number of aryl methyl sites for hydroxylation is 2. The fourth-order valence-electron chi connectivity index (χ4n) is 4.59. The van der Waals surface area contributed by atoms with Gasteiger partial charge in [-0.05, 0) is 68.4 Å². The Morgan fingerprint density at radius 3 is 2.34 bits per heavy atom. The average molecular weight is 498 g/mol. The second-order valence-corrected chi connectivity index (χ2v) is 10.1. The van der Waals surface area contributed by atoms with E-state index >= 15 is 0 Å². The van der Waals surface area contributed by atoms with Crippen molar-refractivity contribution in [3.8, 4) is 22.8 Å². The Morgan fingerprint density at radius 2 is 1.69 bits per heavy atom. The Balaban J connectivity index is 1.81. The highest BCUT2D eigenvalue weighted by Gasteiger charge is 2.24. The van der Waals surface area contributed by atoms with E-state index in [1.807, 2.05) is 26.0 Å². The van der Waals surface area contributed by atoms with Gasteiger partial charge >= 0.3 is 0 Å². The molecule has 0 amide bonds. The molecule has 3 aromatic rings. The summed E-state index contributed by atoms with van der Waals surface area (Å²) in [4.78, 5) is 13.0. The quantitative estimate of drug-likeness (QED) is 0.501. The van der Waals surface area contributed by atoms with Gasteiger partial charge in [-0.1, -0.05) is 19.1 Å². The standard InChI is InChI=1S/C26H31N3O5S/c1-5-17-11-12-18(25-20-9-7-8-10-21(20)26(30)29(6-2)27-25)15-24(17)35(31,32)28-19-13-14-22(33-3)23(16-19)34-4/h11-16,28H,5-10H2,1-4H3. The molecule has 35 heavy (non-hydrogen) atoms. The minimum Gasteiger partial charge on any atom is -0.493 e. The van der Waals surface area contributed by atoms with Gasteiger partial charge in [-0.25, -0.2) is 13.1 Å². The smallest absolute Gasteiger partial charge is 0.270 e. The molecule has 1 heterocycles. The molecule has 4 rings (SSSR count). The van der Waals surface area contributed by atoms with E-state index in [9.17, 15) is 13.2 Å². The first kappa shape index (κ1) is 24.8. The van der Waals surface area contributed by atoms with Crippen molar-refractivity contribution in [2.45, 2.75) is 57.4 Å².